The molecular weight excluding hydrogens is 322 g/mol. The van der Waals surface area contributed by atoms with E-state index in [1.165, 1.54) is 0 Å². The molecule has 2 aromatic carbocycles. The molecule has 1 atom stereocenters. The summed E-state index contributed by atoms with van der Waals surface area (Å²) in [5, 5.41) is 10.4. The van der Waals surface area contributed by atoms with Gasteiger partial charge in [0.15, 0.2) is 0 Å². The van der Waals surface area contributed by atoms with Crippen molar-refractivity contribution in [3.05, 3.63) is 65.0 Å². The summed E-state index contributed by atoms with van der Waals surface area (Å²) >= 11 is 0. The summed E-state index contributed by atoms with van der Waals surface area (Å²) in [5.74, 6) is -0.0936. The van der Waals surface area contributed by atoms with Crippen LogP contribution >= 0.6 is 0 Å². The van der Waals surface area contributed by atoms with E-state index >= 15 is 0 Å². The zero-order chi connectivity index (χ0) is 18.0. The topological polar surface area (TPSA) is 91.0 Å². The molecule has 1 aliphatic rings. The van der Waals surface area contributed by atoms with Crippen molar-refractivity contribution < 1.29 is 24.1 Å². The van der Waals surface area contributed by atoms with Crippen LogP contribution in [0.4, 0.5) is 0 Å². The van der Waals surface area contributed by atoms with Crippen molar-refractivity contribution in [2.75, 3.05) is 13.7 Å². The van der Waals surface area contributed by atoms with E-state index in [0.717, 1.165) is 5.56 Å². The third kappa shape index (κ3) is 2.98. The predicted molar refractivity (Wildman–Crippen MR) is 91.4 cm³/mol. The maximum atomic E-state index is 12.5. The van der Waals surface area contributed by atoms with E-state index in [-0.39, 0.29) is 23.8 Å². The van der Waals surface area contributed by atoms with Crippen molar-refractivity contribution in [2.24, 2.45) is 5.73 Å². The second kappa shape index (κ2) is 6.76. The molecule has 0 spiro atoms. The number of ether oxygens (including phenoxy) is 3. The lowest BCUT2D eigenvalue weighted by Gasteiger charge is -2.29. The van der Waals surface area contributed by atoms with Crippen LogP contribution in [0.1, 0.15) is 24.0 Å². The molecule has 1 unspecified atom stereocenters. The second-order valence-electron chi connectivity index (χ2n) is 5.50. The van der Waals surface area contributed by atoms with Gasteiger partial charge in [-0.1, -0.05) is 18.2 Å². The number of phenols is 1. The monoisotopic (exact) mass is 341 g/mol. The first kappa shape index (κ1) is 16.7. The number of nitrogens with two attached hydrogens (primary N) is 1. The number of carbonyl (C=O) groups is 1. The van der Waals surface area contributed by atoms with Crippen LogP contribution in [-0.2, 0) is 9.53 Å². The van der Waals surface area contributed by atoms with Gasteiger partial charge in [0, 0.05) is 5.56 Å². The number of rotatable bonds is 4. The Morgan fingerprint density at radius 1 is 1.24 bits per heavy atom. The van der Waals surface area contributed by atoms with E-state index in [2.05, 4.69) is 0 Å². The molecule has 0 bridgehead atoms. The number of fused-ring (bicyclic) bond motifs is 1. The van der Waals surface area contributed by atoms with Gasteiger partial charge in [-0.05, 0) is 36.8 Å². The first-order valence-corrected chi connectivity index (χ1v) is 7.87. The van der Waals surface area contributed by atoms with Crippen molar-refractivity contribution in [1.29, 1.82) is 0 Å². The maximum Gasteiger partial charge on any atom is 0.340 e. The molecule has 0 saturated carbocycles. The number of esters is 1. The van der Waals surface area contributed by atoms with Crippen LogP contribution in [0.3, 0.4) is 0 Å². The summed E-state index contributed by atoms with van der Waals surface area (Å²) in [7, 11) is 1.58. The second-order valence-corrected chi connectivity index (χ2v) is 5.50. The minimum atomic E-state index is -0.602. The first-order valence-electron chi connectivity index (χ1n) is 7.87. The van der Waals surface area contributed by atoms with Crippen LogP contribution in [0.5, 0.6) is 17.2 Å². The lowest BCUT2D eigenvalue weighted by Crippen LogP contribution is -2.27. The van der Waals surface area contributed by atoms with Gasteiger partial charge in [-0.2, -0.15) is 0 Å². The number of aromatic hydroxyl groups is 1. The summed E-state index contributed by atoms with van der Waals surface area (Å²) in [4.78, 5) is 12.5. The number of carbonyl (C=O) groups excluding carboxylic acids is 1. The van der Waals surface area contributed by atoms with Crippen LogP contribution in [0, 0.1) is 0 Å². The molecule has 6 nitrogen and oxygen atoms in total. The minimum Gasteiger partial charge on any atom is -0.507 e. The highest BCUT2D eigenvalue weighted by Crippen LogP contribution is 2.46. The highest BCUT2D eigenvalue weighted by Gasteiger charge is 2.37. The fraction of sp³-hybridized carbons (Fsp3) is 0.211. The number of phenolic OH excluding ortho intramolecular Hbond substituents is 1. The fourth-order valence-electron chi connectivity index (χ4n) is 2.93. The Bertz CT molecular complexity index is 826. The van der Waals surface area contributed by atoms with Crippen molar-refractivity contribution in [3.63, 3.8) is 0 Å². The van der Waals surface area contributed by atoms with E-state index < -0.39 is 11.9 Å². The van der Waals surface area contributed by atoms with Crippen molar-refractivity contribution in [1.82, 2.24) is 0 Å². The summed E-state index contributed by atoms with van der Waals surface area (Å²) in [5.41, 5.74) is 7.42. The highest BCUT2D eigenvalue weighted by molar-refractivity contribution is 5.93. The molecule has 3 N–H and O–H groups in total. The van der Waals surface area contributed by atoms with Crippen molar-refractivity contribution in [3.8, 4) is 17.2 Å². The number of benzene rings is 2. The van der Waals surface area contributed by atoms with Gasteiger partial charge in [0.2, 0.25) is 5.88 Å². The molecular formula is C19H19NO5. The smallest absolute Gasteiger partial charge is 0.340 e. The molecule has 0 radical (unpaired) electrons. The number of methoxy groups -OCH3 is 1. The van der Waals surface area contributed by atoms with E-state index in [1.54, 1.807) is 44.4 Å². The average Bonchev–Trinajstić information content (AvgIpc) is 2.61. The van der Waals surface area contributed by atoms with Gasteiger partial charge < -0.3 is 25.1 Å². The third-order valence-corrected chi connectivity index (χ3v) is 4.05. The zero-order valence-electron chi connectivity index (χ0n) is 14.0. The van der Waals surface area contributed by atoms with E-state index in [0.29, 0.717) is 17.1 Å². The Morgan fingerprint density at radius 3 is 2.60 bits per heavy atom. The Morgan fingerprint density at radius 2 is 1.96 bits per heavy atom. The maximum absolute atomic E-state index is 12.5. The van der Waals surface area contributed by atoms with Crippen LogP contribution in [0.2, 0.25) is 0 Å². The van der Waals surface area contributed by atoms with E-state index in [4.69, 9.17) is 19.9 Å². The van der Waals surface area contributed by atoms with E-state index in [9.17, 15) is 9.90 Å². The Labute approximate surface area is 145 Å². The molecule has 0 aromatic heterocycles. The van der Waals surface area contributed by atoms with Gasteiger partial charge in [-0.3, -0.25) is 0 Å². The molecule has 6 heteroatoms. The summed E-state index contributed by atoms with van der Waals surface area (Å²) in [6.07, 6.45) is 0. The number of hydrogen-bond acceptors (Lipinski definition) is 6. The summed E-state index contributed by atoms with van der Waals surface area (Å²) in [6, 6.07) is 12.1. The van der Waals surface area contributed by atoms with Crippen molar-refractivity contribution >= 4 is 5.97 Å². The van der Waals surface area contributed by atoms with Gasteiger partial charge in [-0.25, -0.2) is 4.79 Å². The standard InChI is InChI=1S/C19H19NO5/c1-3-24-19(22)17-15(11-7-9-12(23-2)10-8-11)16-13(21)5-4-6-14(16)25-18(17)20/h4-10,15,21H,3,20H2,1-2H3. The molecule has 0 amide bonds. The normalized spacial score (nSPS) is 16.0. The van der Waals surface area contributed by atoms with Crippen molar-refractivity contribution in [2.45, 2.75) is 12.8 Å². The van der Waals surface area contributed by atoms with Gasteiger partial charge in [-0.15, -0.1) is 0 Å². The van der Waals surface area contributed by atoms with Gasteiger partial charge >= 0.3 is 5.97 Å². The Kier molecular flexibility index (Phi) is 4.52. The van der Waals surface area contributed by atoms with Crippen LogP contribution < -0.4 is 15.2 Å². The molecule has 0 saturated heterocycles. The minimum absolute atomic E-state index is 0.0209. The van der Waals surface area contributed by atoms with Gasteiger partial charge in [0.1, 0.15) is 22.8 Å². The lowest BCUT2D eigenvalue weighted by atomic mass is 9.82. The quantitative estimate of drug-likeness (QED) is 0.831. The molecule has 0 fully saturated rings. The third-order valence-electron chi connectivity index (χ3n) is 4.05. The Hall–Kier alpha value is -3.15. The fourth-order valence-corrected chi connectivity index (χ4v) is 2.93. The highest BCUT2D eigenvalue weighted by atomic mass is 16.5. The largest absolute Gasteiger partial charge is 0.507 e. The predicted octanol–water partition coefficient (Wildman–Crippen LogP) is 2.66. The molecule has 2 aromatic rings. The van der Waals surface area contributed by atoms with Crippen LogP contribution in [0.25, 0.3) is 0 Å². The molecule has 3 rings (SSSR count). The zero-order valence-corrected chi connectivity index (χ0v) is 14.0. The van der Waals surface area contributed by atoms with Gasteiger partial charge in [0.05, 0.1) is 19.6 Å². The molecule has 0 aliphatic carbocycles. The summed E-state index contributed by atoms with van der Waals surface area (Å²) in [6.45, 7) is 1.92. The summed E-state index contributed by atoms with van der Waals surface area (Å²) < 4.78 is 15.9. The molecule has 130 valence electrons. The SMILES string of the molecule is CCOC(=O)C1=C(N)Oc2cccc(O)c2C1c1ccc(OC)cc1. The lowest BCUT2D eigenvalue weighted by molar-refractivity contribution is -0.139. The first-order chi connectivity index (χ1) is 12.1. The average molecular weight is 341 g/mol. The van der Waals surface area contributed by atoms with Gasteiger partial charge in [0.25, 0.3) is 0 Å². The van der Waals surface area contributed by atoms with E-state index in [1.807, 2.05) is 12.1 Å². The van der Waals surface area contributed by atoms with Crippen LogP contribution in [-0.4, -0.2) is 24.8 Å². The van der Waals surface area contributed by atoms with Crippen LogP contribution in [0.15, 0.2) is 53.9 Å². The molecule has 1 aliphatic heterocycles. The molecule has 1 heterocycles. The Balaban J connectivity index is 2.19. The molecule has 25 heavy (non-hydrogen) atoms. The number of hydrogen-bond donors (Lipinski definition) is 2.